The van der Waals surface area contributed by atoms with E-state index in [4.69, 9.17) is 14.4 Å². The maximum Gasteiger partial charge on any atom is 0.160 e. The average molecular weight is 707 g/mol. The molecule has 54 heavy (non-hydrogen) atoms. The van der Waals surface area contributed by atoms with Crippen LogP contribution < -0.4 is 0 Å². The fraction of sp³-hybridized carbons (Fsp3) is 0. The van der Waals surface area contributed by atoms with Crippen LogP contribution in [0.25, 0.3) is 109 Å². The molecule has 0 aliphatic carbocycles. The molecule has 252 valence electrons. The van der Waals surface area contributed by atoms with E-state index in [-0.39, 0.29) is 0 Å². The molecule has 0 saturated heterocycles. The monoisotopic (exact) mass is 706 g/mol. The molecule has 4 heteroatoms. The predicted molar refractivity (Wildman–Crippen MR) is 227 cm³/mol. The summed E-state index contributed by atoms with van der Waals surface area (Å²) < 4.78 is 8.78. The van der Waals surface area contributed by atoms with E-state index in [0.29, 0.717) is 5.82 Å². The lowest BCUT2D eigenvalue weighted by Crippen LogP contribution is -1.96. The Labute approximate surface area is 315 Å². The molecule has 0 fully saturated rings. The van der Waals surface area contributed by atoms with Crippen LogP contribution in [-0.2, 0) is 0 Å². The van der Waals surface area contributed by atoms with Gasteiger partial charge in [0.2, 0.25) is 0 Å². The molecule has 0 atom stereocenters. The van der Waals surface area contributed by atoms with Gasteiger partial charge in [0.05, 0.1) is 11.4 Å². The molecule has 0 radical (unpaired) electrons. The number of rotatable bonds is 5. The highest BCUT2D eigenvalue weighted by atomic mass is 32.1. The molecule has 0 N–H and O–H groups in total. The molecule has 11 rings (SSSR count). The summed E-state index contributed by atoms with van der Waals surface area (Å²) in [6.07, 6.45) is 0. The number of hydrogen-bond acceptors (Lipinski definition) is 4. The van der Waals surface area contributed by atoms with Crippen LogP contribution in [-0.4, -0.2) is 9.97 Å². The second-order valence-corrected chi connectivity index (χ2v) is 14.9. The summed E-state index contributed by atoms with van der Waals surface area (Å²) in [4.78, 5) is 10.5. The van der Waals surface area contributed by atoms with Crippen LogP contribution in [0.2, 0.25) is 0 Å². The number of para-hydroxylation sites is 1. The summed E-state index contributed by atoms with van der Waals surface area (Å²) in [5.74, 6) is 0.684. The predicted octanol–water partition coefficient (Wildman–Crippen LogP) is 14.2. The van der Waals surface area contributed by atoms with Crippen LogP contribution in [0.3, 0.4) is 0 Å². The second kappa shape index (κ2) is 12.4. The van der Waals surface area contributed by atoms with Crippen LogP contribution >= 0.6 is 11.3 Å². The summed E-state index contributed by atoms with van der Waals surface area (Å²) in [7, 11) is 0. The molecular weight excluding hydrogens is 677 g/mol. The van der Waals surface area contributed by atoms with Gasteiger partial charge in [-0.2, -0.15) is 0 Å². The van der Waals surface area contributed by atoms with Gasteiger partial charge in [-0.1, -0.05) is 115 Å². The maximum atomic E-state index is 6.18. The fourth-order valence-electron chi connectivity index (χ4n) is 7.83. The molecule has 0 bridgehead atoms. The van der Waals surface area contributed by atoms with Crippen molar-refractivity contribution in [1.29, 1.82) is 0 Å². The highest BCUT2D eigenvalue weighted by Gasteiger charge is 2.17. The molecule has 0 aliphatic rings. The van der Waals surface area contributed by atoms with E-state index in [1.165, 1.54) is 42.1 Å². The van der Waals surface area contributed by atoms with Gasteiger partial charge in [0.25, 0.3) is 0 Å². The van der Waals surface area contributed by atoms with Gasteiger partial charge in [-0.25, -0.2) is 9.97 Å². The summed E-state index contributed by atoms with van der Waals surface area (Å²) in [6.45, 7) is 0. The summed E-state index contributed by atoms with van der Waals surface area (Å²) in [5, 5.41) is 7.17. The van der Waals surface area contributed by atoms with Gasteiger partial charge < -0.3 is 4.42 Å². The van der Waals surface area contributed by atoms with Gasteiger partial charge in [0.15, 0.2) is 5.82 Å². The van der Waals surface area contributed by atoms with Crippen LogP contribution in [0.4, 0.5) is 0 Å². The van der Waals surface area contributed by atoms with Gasteiger partial charge in [0, 0.05) is 47.6 Å². The SMILES string of the molecule is c1ccc(-c2nc(-c3cc(-c4ccc5sc6ccccc6c5c4)cc(-c4cccc5ccccc45)c3)cc(-c3ccc4oc5ccccc5c4c3)n2)cc1. The number of hydrogen-bond donors (Lipinski definition) is 0. The number of aromatic nitrogens is 2. The molecule has 0 saturated carbocycles. The topological polar surface area (TPSA) is 38.9 Å². The van der Waals surface area contributed by atoms with Gasteiger partial charge >= 0.3 is 0 Å². The van der Waals surface area contributed by atoms with Crippen molar-refractivity contribution in [3.05, 3.63) is 182 Å². The molecule has 3 aromatic heterocycles. The highest BCUT2D eigenvalue weighted by molar-refractivity contribution is 7.25. The van der Waals surface area contributed by atoms with E-state index >= 15 is 0 Å². The molecule has 3 nitrogen and oxygen atoms in total. The minimum Gasteiger partial charge on any atom is -0.456 e. The Hall–Kier alpha value is -6.88. The lowest BCUT2D eigenvalue weighted by atomic mass is 9.91. The first-order chi connectivity index (χ1) is 26.7. The minimum atomic E-state index is 0.684. The fourth-order valence-corrected chi connectivity index (χ4v) is 8.91. The average Bonchev–Trinajstić information content (AvgIpc) is 3.81. The molecule has 8 aromatic carbocycles. The lowest BCUT2D eigenvalue weighted by Gasteiger charge is -2.14. The lowest BCUT2D eigenvalue weighted by molar-refractivity contribution is 0.669. The molecule has 0 unspecified atom stereocenters. The molecule has 0 amide bonds. The highest BCUT2D eigenvalue weighted by Crippen LogP contribution is 2.41. The number of benzene rings is 8. The van der Waals surface area contributed by atoms with E-state index in [1.54, 1.807) is 0 Å². The van der Waals surface area contributed by atoms with E-state index in [2.05, 4.69) is 152 Å². The normalized spacial score (nSPS) is 11.7. The summed E-state index contributed by atoms with van der Waals surface area (Å²) in [6, 6.07) is 64.6. The Bertz CT molecular complexity index is 3220. The Morgan fingerprint density at radius 1 is 0.352 bits per heavy atom. The molecule has 11 aromatic rings. The van der Waals surface area contributed by atoms with E-state index in [0.717, 1.165) is 61.1 Å². The Kier molecular flexibility index (Phi) is 7.04. The van der Waals surface area contributed by atoms with Crippen LogP contribution in [0.1, 0.15) is 0 Å². The first kappa shape index (κ1) is 30.7. The zero-order valence-electron chi connectivity index (χ0n) is 29.0. The maximum absolute atomic E-state index is 6.18. The quantitative estimate of drug-likeness (QED) is 0.179. The van der Waals surface area contributed by atoms with Gasteiger partial charge in [0.1, 0.15) is 11.2 Å². The van der Waals surface area contributed by atoms with Gasteiger partial charge in [-0.15, -0.1) is 11.3 Å². The molecule has 0 spiro atoms. The van der Waals surface area contributed by atoms with E-state index < -0.39 is 0 Å². The Morgan fingerprint density at radius 3 is 1.91 bits per heavy atom. The summed E-state index contributed by atoms with van der Waals surface area (Å²) in [5.41, 5.74) is 11.1. The number of nitrogens with zero attached hydrogens (tertiary/aromatic N) is 2. The minimum absolute atomic E-state index is 0.684. The van der Waals surface area contributed by atoms with Crippen molar-refractivity contribution in [2.75, 3.05) is 0 Å². The molecule has 0 aliphatic heterocycles. The smallest absolute Gasteiger partial charge is 0.160 e. The van der Waals surface area contributed by atoms with Crippen LogP contribution in [0.15, 0.2) is 186 Å². The second-order valence-electron chi connectivity index (χ2n) is 13.8. The Balaban J connectivity index is 1.15. The van der Waals surface area contributed by atoms with Crippen molar-refractivity contribution in [2.45, 2.75) is 0 Å². The third-order valence-electron chi connectivity index (χ3n) is 10.5. The van der Waals surface area contributed by atoms with Gasteiger partial charge in [-0.3, -0.25) is 0 Å². The third-order valence-corrected chi connectivity index (χ3v) is 11.6. The van der Waals surface area contributed by atoms with Crippen molar-refractivity contribution >= 4 is 64.2 Å². The largest absolute Gasteiger partial charge is 0.456 e. The van der Waals surface area contributed by atoms with Crippen LogP contribution in [0.5, 0.6) is 0 Å². The van der Waals surface area contributed by atoms with Crippen molar-refractivity contribution in [3.8, 4) is 56.2 Å². The standard InChI is InChI=1S/C50H30N2OS/c1-2-12-32(13-3-1)50-51-44(34-21-23-47-42(29-34)40-16-6-8-19-46(40)53-47)30-45(52-50)37-26-35(25-36(27-37)39-18-10-14-31-11-4-5-15-38(31)39)33-22-24-49-43(28-33)41-17-7-9-20-48(41)54-49/h1-30H. The Morgan fingerprint density at radius 2 is 1.00 bits per heavy atom. The van der Waals surface area contributed by atoms with E-state index in [1.807, 2.05) is 41.7 Å². The first-order valence-corrected chi connectivity index (χ1v) is 18.9. The van der Waals surface area contributed by atoms with Crippen molar-refractivity contribution in [3.63, 3.8) is 0 Å². The number of furan rings is 1. The zero-order valence-corrected chi connectivity index (χ0v) is 29.8. The number of fused-ring (bicyclic) bond motifs is 7. The number of thiophene rings is 1. The third kappa shape index (κ3) is 5.19. The summed E-state index contributed by atoms with van der Waals surface area (Å²) >= 11 is 1.84. The first-order valence-electron chi connectivity index (χ1n) is 18.1. The van der Waals surface area contributed by atoms with E-state index in [9.17, 15) is 0 Å². The van der Waals surface area contributed by atoms with Crippen molar-refractivity contribution < 1.29 is 4.42 Å². The molecule has 3 heterocycles. The van der Waals surface area contributed by atoms with Crippen molar-refractivity contribution in [2.24, 2.45) is 0 Å². The van der Waals surface area contributed by atoms with Crippen molar-refractivity contribution in [1.82, 2.24) is 9.97 Å². The molecular formula is C50H30N2OS. The zero-order chi connectivity index (χ0) is 35.6. The van der Waals surface area contributed by atoms with Crippen LogP contribution in [0, 0.1) is 0 Å². The van der Waals surface area contributed by atoms with Gasteiger partial charge in [-0.05, 0) is 99.8 Å².